The first-order valence-corrected chi connectivity index (χ1v) is 11.8. The van der Waals surface area contributed by atoms with Gasteiger partial charge < -0.3 is 25.2 Å². The Morgan fingerprint density at radius 2 is 2.03 bits per heavy atom. The summed E-state index contributed by atoms with van der Waals surface area (Å²) in [7, 11) is 0. The van der Waals surface area contributed by atoms with E-state index in [9.17, 15) is 27.9 Å². The van der Waals surface area contributed by atoms with E-state index in [4.69, 9.17) is 9.84 Å². The molecule has 0 radical (unpaired) electrons. The Hall–Kier alpha value is -3.79. The second-order valence-electron chi connectivity index (χ2n) is 8.99. The van der Waals surface area contributed by atoms with Crippen molar-refractivity contribution in [1.29, 1.82) is 0 Å². The first-order chi connectivity index (χ1) is 18.0. The van der Waals surface area contributed by atoms with Crippen LogP contribution in [-0.4, -0.2) is 93.0 Å². The maximum absolute atomic E-state index is 13.4. The van der Waals surface area contributed by atoms with E-state index in [1.54, 1.807) is 6.92 Å². The van der Waals surface area contributed by atoms with Gasteiger partial charge in [0.15, 0.2) is 11.6 Å². The van der Waals surface area contributed by atoms with Crippen molar-refractivity contribution < 1.29 is 37.7 Å². The zero-order chi connectivity index (χ0) is 27.6. The number of piperidine rings is 1. The molecule has 4 rings (SSSR count). The van der Waals surface area contributed by atoms with E-state index in [1.165, 1.54) is 17.0 Å². The van der Waals surface area contributed by atoms with Gasteiger partial charge in [0.25, 0.3) is 5.91 Å². The zero-order valence-corrected chi connectivity index (χ0v) is 20.6. The summed E-state index contributed by atoms with van der Waals surface area (Å²) in [5.74, 6) is -1.34. The lowest BCUT2D eigenvalue weighted by Crippen LogP contribution is -2.56. The highest BCUT2D eigenvalue weighted by molar-refractivity contribution is 6.04. The molecular weight excluding hydrogens is 513 g/mol. The number of hydrogen-bond acceptors (Lipinski definition) is 10. The quantitative estimate of drug-likeness (QED) is 0.398. The Morgan fingerprint density at radius 3 is 2.68 bits per heavy atom. The number of carbonyl (C=O) groups excluding carboxylic acids is 2. The Morgan fingerprint density at radius 1 is 1.26 bits per heavy atom. The smallest absolute Gasteiger partial charge is 0.408 e. The number of aliphatic hydroxyl groups is 2. The summed E-state index contributed by atoms with van der Waals surface area (Å²) in [6.45, 7) is 2.91. The molecule has 0 aliphatic carbocycles. The molecule has 3 atom stereocenters. The van der Waals surface area contributed by atoms with E-state index < -0.39 is 42.7 Å². The molecule has 0 unspecified atom stereocenters. The van der Waals surface area contributed by atoms with Gasteiger partial charge in [0.1, 0.15) is 24.4 Å². The fourth-order valence-corrected chi connectivity index (χ4v) is 4.21. The van der Waals surface area contributed by atoms with E-state index >= 15 is 0 Å². The molecule has 206 valence electrons. The normalized spacial score (nSPS) is 18.3. The molecule has 2 aromatic rings. The van der Waals surface area contributed by atoms with Gasteiger partial charge in [0.05, 0.1) is 18.3 Å². The van der Waals surface area contributed by atoms with Crippen LogP contribution in [0.4, 0.5) is 35.3 Å². The number of rotatable bonds is 7. The van der Waals surface area contributed by atoms with Crippen LogP contribution in [0.5, 0.6) is 5.88 Å². The van der Waals surface area contributed by atoms with E-state index in [1.807, 2.05) is 10.2 Å². The molecule has 13 nitrogen and oxygen atoms in total. The molecule has 0 aromatic carbocycles. The number of nitrogens with one attached hydrogen (secondary N) is 2. The molecule has 3 amide bonds. The van der Waals surface area contributed by atoms with Crippen molar-refractivity contribution >= 4 is 29.3 Å². The summed E-state index contributed by atoms with van der Waals surface area (Å²) in [4.78, 5) is 37.7. The number of aryl methyl sites for hydroxylation is 1. The Bertz CT molecular complexity index is 1180. The summed E-state index contributed by atoms with van der Waals surface area (Å²) in [6.07, 6.45) is -4.30. The third-order valence-corrected chi connectivity index (χ3v) is 6.12. The number of halogens is 3. The summed E-state index contributed by atoms with van der Waals surface area (Å²) in [6, 6.07) is -0.215. The van der Waals surface area contributed by atoms with Crippen molar-refractivity contribution in [3.05, 3.63) is 23.7 Å². The lowest BCUT2D eigenvalue weighted by Gasteiger charge is -2.46. The highest BCUT2D eigenvalue weighted by Crippen LogP contribution is 2.39. The van der Waals surface area contributed by atoms with Crippen LogP contribution in [0.3, 0.4) is 0 Å². The number of anilines is 3. The number of ether oxygens (including phenoxy) is 1. The molecule has 1 fully saturated rings. The number of hydrogen-bond donors (Lipinski definition) is 4. The number of fused-ring (bicyclic) bond motifs is 4. The standard InChI is InChI=1S/C22H27F3N8O5/c1-11-17-19(29-18(26-11)20(36)27-12(2)22(23,24)25)33(13-4-3-7-32(17)8-13)21(37)28-15-5-6-16(31-30-15)38-10-14(35)9-34/h5-6,12-14,34-35H,3-4,7-10H2,1-2H3,(H,27,36)(H,28,30,37)/t12-,13+,14+/m1/s1. The Kier molecular flexibility index (Phi) is 7.82. The average Bonchev–Trinajstić information content (AvgIpc) is 2.87. The number of carbonyl (C=O) groups is 2. The molecule has 38 heavy (non-hydrogen) atoms. The summed E-state index contributed by atoms with van der Waals surface area (Å²) in [5.41, 5.74) is 0.873. The van der Waals surface area contributed by atoms with E-state index in [0.29, 0.717) is 30.9 Å². The number of aliphatic hydroxyl groups excluding tert-OH is 2. The topological polar surface area (TPSA) is 166 Å². The molecule has 0 spiro atoms. The minimum atomic E-state index is -4.65. The summed E-state index contributed by atoms with van der Waals surface area (Å²) >= 11 is 0. The van der Waals surface area contributed by atoms with Gasteiger partial charge >= 0.3 is 12.2 Å². The van der Waals surface area contributed by atoms with Crippen molar-refractivity contribution in [1.82, 2.24) is 25.5 Å². The predicted octanol–water partition coefficient (Wildman–Crippen LogP) is 1.01. The first kappa shape index (κ1) is 27.3. The molecule has 16 heteroatoms. The minimum Gasteiger partial charge on any atom is -0.474 e. The highest BCUT2D eigenvalue weighted by Gasteiger charge is 2.41. The van der Waals surface area contributed by atoms with Gasteiger partial charge in [0.2, 0.25) is 11.7 Å². The number of aromatic nitrogens is 4. The predicted molar refractivity (Wildman–Crippen MR) is 127 cm³/mol. The van der Waals surface area contributed by atoms with Crippen molar-refractivity contribution in [2.45, 2.75) is 51.1 Å². The number of alkyl halides is 3. The van der Waals surface area contributed by atoms with Crippen LogP contribution in [0.25, 0.3) is 0 Å². The van der Waals surface area contributed by atoms with Crippen molar-refractivity contribution in [3.8, 4) is 5.88 Å². The highest BCUT2D eigenvalue weighted by atomic mass is 19.4. The van der Waals surface area contributed by atoms with Gasteiger partial charge in [-0.25, -0.2) is 14.8 Å². The van der Waals surface area contributed by atoms with E-state index in [0.717, 1.165) is 13.3 Å². The van der Waals surface area contributed by atoms with E-state index in [-0.39, 0.29) is 30.2 Å². The molecule has 0 saturated carbocycles. The lowest BCUT2D eigenvalue weighted by atomic mass is 9.99. The minimum absolute atomic E-state index is 0.0637. The third-order valence-electron chi connectivity index (χ3n) is 6.12. The SMILES string of the molecule is Cc1nc(C(=O)N[C@H](C)C(F)(F)F)nc2c1N1CCC[C@@H](C1)N2C(=O)Nc1ccc(OC[C@@H](O)CO)nn1. The van der Waals surface area contributed by atoms with E-state index in [2.05, 4.69) is 25.5 Å². The maximum Gasteiger partial charge on any atom is 0.408 e. The molecule has 2 aliphatic rings. The van der Waals surface area contributed by atoms with Gasteiger partial charge in [-0.2, -0.15) is 13.2 Å². The second kappa shape index (κ2) is 10.9. The van der Waals surface area contributed by atoms with Crippen molar-refractivity contribution in [2.24, 2.45) is 0 Å². The number of urea groups is 1. The van der Waals surface area contributed by atoms with Gasteiger partial charge in [-0.3, -0.25) is 15.0 Å². The maximum atomic E-state index is 13.4. The average molecular weight is 541 g/mol. The zero-order valence-electron chi connectivity index (χ0n) is 20.6. The fourth-order valence-electron chi connectivity index (χ4n) is 4.21. The van der Waals surface area contributed by atoms with Gasteiger partial charge in [-0.15, -0.1) is 10.2 Å². The van der Waals surface area contributed by atoms with Crippen LogP contribution in [-0.2, 0) is 0 Å². The monoisotopic (exact) mass is 540 g/mol. The van der Waals surface area contributed by atoms with Crippen LogP contribution in [0.15, 0.2) is 12.1 Å². The third kappa shape index (κ3) is 5.85. The number of nitrogens with zero attached hydrogens (tertiary/aromatic N) is 6. The molecule has 2 aromatic heterocycles. The number of amides is 3. The lowest BCUT2D eigenvalue weighted by molar-refractivity contribution is -0.149. The molecule has 1 saturated heterocycles. The molecular formula is C22H27F3N8O5. The van der Waals surface area contributed by atoms with Crippen LogP contribution in [0.2, 0.25) is 0 Å². The Labute approximate surface area is 215 Å². The molecule has 2 bridgehead atoms. The second-order valence-corrected chi connectivity index (χ2v) is 8.99. The largest absolute Gasteiger partial charge is 0.474 e. The Balaban J connectivity index is 1.58. The summed E-state index contributed by atoms with van der Waals surface area (Å²) < 4.78 is 44.1. The van der Waals surface area contributed by atoms with Crippen molar-refractivity contribution in [3.63, 3.8) is 0 Å². The fraction of sp³-hybridized carbons (Fsp3) is 0.545. The molecule has 4 heterocycles. The molecule has 2 aliphatic heterocycles. The van der Waals surface area contributed by atoms with Crippen molar-refractivity contribution in [2.75, 3.05) is 41.4 Å². The van der Waals surface area contributed by atoms with Crippen LogP contribution in [0.1, 0.15) is 36.1 Å². The van der Waals surface area contributed by atoms with Gasteiger partial charge in [0, 0.05) is 19.2 Å². The first-order valence-electron chi connectivity index (χ1n) is 11.8. The van der Waals surface area contributed by atoms with Crippen LogP contribution < -0.4 is 25.2 Å². The van der Waals surface area contributed by atoms with Gasteiger partial charge in [-0.1, -0.05) is 0 Å². The van der Waals surface area contributed by atoms with Crippen LogP contribution >= 0.6 is 0 Å². The van der Waals surface area contributed by atoms with Gasteiger partial charge in [-0.05, 0) is 32.8 Å². The molecule has 4 N–H and O–H groups in total. The van der Waals surface area contributed by atoms with Crippen LogP contribution in [0, 0.1) is 6.92 Å². The summed E-state index contributed by atoms with van der Waals surface area (Å²) in [5, 5.41) is 30.4.